The van der Waals surface area contributed by atoms with Crippen LogP contribution in [0.4, 0.5) is 0 Å². The molecule has 0 saturated carbocycles. The topological polar surface area (TPSA) is 67.4 Å². The molecule has 1 aliphatic rings. The van der Waals surface area contributed by atoms with E-state index in [1.54, 1.807) is 0 Å². The standard InChI is InChI=1S/C12H26N2O3S/c1-3-7-13-8-4-5-10-18(15,16)14-12(2)6-9-17-11-12/h13-14H,3-11H2,1-2H3. The zero-order valence-electron chi connectivity index (χ0n) is 11.5. The van der Waals surface area contributed by atoms with Gasteiger partial charge in [0.05, 0.1) is 17.9 Å². The van der Waals surface area contributed by atoms with Crippen molar-refractivity contribution in [2.45, 2.75) is 45.1 Å². The summed E-state index contributed by atoms with van der Waals surface area (Å²) in [5.41, 5.74) is -0.403. The van der Waals surface area contributed by atoms with E-state index in [1.165, 1.54) is 0 Å². The van der Waals surface area contributed by atoms with Crippen LogP contribution in [0.3, 0.4) is 0 Å². The van der Waals surface area contributed by atoms with Gasteiger partial charge in [-0.25, -0.2) is 13.1 Å². The summed E-state index contributed by atoms with van der Waals surface area (Å²) in [6, 6.07) is 0. The minimum Gasteiger partial charge on any atom is -0.379 e. The van der Waals surface area contributed by atoms with Crippen molar-refractivity contribution in [1.29, 1.82) is 0 Å². The molecule has 1 unspecified atom stereocenters. The second kappa shape index (κ2) is 7.43. The molecule has 5 nitrogen and oxygen atoms in total. The van der Waals surface area contributed by atoms with Gasteiger partial charge < -0.3 is 10.1 Å². The molecule has 0 aromatic heterocycles. The lowest BCUT2D eigenvalue weighted by Gasteiger charge is -2.23. The van der Waals surface area contributed by atoms with E-state index in [2.05, 4.69) is 17.0 Å². The van der Waals surface area contributed by atoms with Gasteiger partial charge in [0.1, 0.15) is 0 Å². The Hall–Kier alpha value is -0.170. The molecule has 1 heterocycles. The molecule has 2 N–H and O–H groups in total. The van der Waals surface area contributed by atoms with Crippen molar-refractivity contribution in [1.82, 2.24) is 10.0 Å². The maximum atomic E-state index is 11.9. The van der Waals surface area contributed by atoms with Gasteiger partial charge in [0.2, 0.25) is 10.0 Å². The molecule has 1 saturated heterocycles. The predicted molar refractivity (Wildman–Crippen MR) is 73.2 cm³/mol. The molecule has 0 radical (unpaired) electrons. The van der Waals surface area contributed by atoms with Crippen LogP contribution in [0, 0.1) is 0 Å². The Morgan fingerprint density at radius 1 is 1.28 bits per heavy atom. The zero-order chi connectivity index (χ0) is 13.5. The van der Waals surface area contributed by atoms with Crippen LogP contribution in [0.5, 0.6) is 0 Å². The molecule has 1 atom stereocenters. The maximum absolute atomic E-state index is 11.9. The van der Waals surface area contributed by atoms with Crippen LogP contribution in [0.25, 0.3) is 0 Å². The molecule has 0 bridgehead atoms. The van der Waals surface area contributed by atoms with Crippen molar-refractivity contribution < 1.29 is 13.2 Å². The van der Waals surface area contributed by atoms with Gasteiger partial charge in [0.25, 0.3) is 0 Å². The van der Waals surface area contributed by atoms with Crippen LogP contribution in [-0.4, -0.2) is 46.0 Å². The quantitative estimate of drug-likeness (QED) is 0.614. The van der Waals surface area contributed by atoms with Crippen molar-refractivity contribution in [2.75, 3.05) is 32.1 Å². The van der Waals surface area contributed by atoms with Crippen LogP contribution in [0.1, 0.15) is 39.5 Å². The highest BCUT2D eigenvalue weighted by molar-refractivity contribution is 7.89. The van der Waals surface area contributed by atoms with Crippen LogP contribution in [0.2, 0.25) is 0 Å². The maximum Gasteiger partial charge on any atom is 0.212 e. The van der Waals surface area contributed by atoms with E-state index in [0.29, 0.717) is 19.6 Å². The monoisotopic (exact) mass is 278 g/mol. The average Bonchev–Trinajstić information content (AvgIpc) is 2.69. The van der Waals surface area contributed by atoms with E-state index >= 15 is 0 Å². The SMILES string of the molecule is CCCNCCCCS(=O)(=O)NC1(C)CCOC1. The number of hydrogen-bond acceptors (Lipinski definition) is 4. The molecule has 6 heteroatoms. The zero-order valence-corrected chi connectivity index (χ0v) is 12.3. The molecular weight excluding hydrogens is 252 g/mol. The summed E-state index contributed by atoms with van der Waals surface area (Å²) >= 11 is 0. The third kappa shape index (κ3) is 6.13. The average molecular weight is 278 g/mol. The van der Waals surface area contributed by atoms with Gasteiger partial charge >= 0.3 is 0 Å². The summed E-state index contributed by atoms with van der Waals surface area (Å²) in [6.45, 7) is 7.03. The predicted octanol–water partition coefficient (Wildman–Crippen LogP) is 0.865. The number of ether oxygens (including phenoxy) is 1. The van der Waals surface area contributed by atoms with Gasteiger partial charge in [-0.15, -0.1) is 0 Å². The Bertz CT molecular complexity index is 324. The van der Waals surface area contributed by atoms with Crippen molar-refractivity contribution >= 4 is 10.0 Å². The van der Waals surface area contributed by atoms with Gasteiger partial charge in [-0.05, 0) is 45.7 Å². The van der Waals surface area contributed by atoms with E-state index in [-0.39, 0.29) is 5.75 Å². The molecule has 0 aliphatic carbocycles. The lowest BCUT2D eigenvalue weighted by molar-refractivity contribution is 0.178. The van der Waals surface area contributed by atoms with Gasteiger partial charge in [0, 0.05) is 6.61 Å². The van der Waals surface area contributed by atoms with Crippen molar-refractivity contribution in [3.63, 3.8) is 0 Å². The van der Waals surface area contributed by atoms with E-state index < -0.39 is 15.6 Å². The number of nitrogens with one attached hydrogen (secondary N) is 2. The fraction of sp³-hybridized carbons (Fsp3) is 1.00. The molecule has 0 aromatic rings. The van der Waals surface area contributed by atoms with E-state index in [9.17, 15) is 8.42 Å². The Kier molecular flexibility index (Phi) is 6.55. The highest BCUT2D eigenvalue weighted by atomic mass is 32.2. The molecule has 0 amide bonds. The Labute approximate surface area is 111 Å². The summed E-state index contributed by atoms with van der Waals surface area (Å²) in [7, 11) is -3.17. The summed E-state index contributed by atoms with van der Waals surface area (Å²) in [6.07, 6.45) is 3.46. The van der Waals surface area contributed by atoms with Crippen LogP contribution in [0.15, 0.2) is 0 Å². The lowest BCUT2D eigenvalue weighted by Crippen LogP contribution is -2.47. The van der Waals surface area contributed by atoms with Gasteiger partial charge in [0.15, 0.2) is 0 Å². The lowest BCUT2D eigenvalue weighted by atomic mass is 10.0. The minimum absolute atomic E-state index is 0.205. The third-order valence-electron chi connectivity index (χ3n) is 3.06. The van der Waals surface area contributed by atoms with Crippen molar-refractivity contribution in [3.05, 3.63) is 0 Å². The van der Waals surface area contributed by atoms with Gasteiger partial charge in [-0.2, -0.15) is 0 Å². The van der Waals surface area contributed by atoms with E-state index in [0.717, 1.165) is 32.4 Å². The molecule has 1 fully saturated rings. The fourth-order valence-electron chi connectivity index (χ4n) is 2.02. The number of hydrogen-bond donors (Lipinski definition) is 2. The van der Waals surface area contributed by atoms with E-state index in [4.69, 9.17) is 4.74 Å². The second-order valence-corrected chi connectivity index (χ2v) is 7.08. The van der Waals surface area contributed by atoms with Crippen LogP contribution in [-0.2, 0) is 14.8 Å². The largest absolute Gasteiger partial charge is 0.379 e. The summed E-state index contributed by atoms with van der Waals surface area (Å²) in [5, 5.41) is 3.27. The number of sulfonamides is 1. The first-order valence-corrected chi connectivity index (χ1v) is 8.43. The molecule has 0 aromatic carbocycles. The summed E-state index contributed by atoms with van der Waals surface area (Å²) in [4.78, 5) is 0. The first kappa shape index (κ1) is 15.9. The van der Waals surface area contributed by atoms with Crippen LogP contribution < -0.4 is 10.0 Å². The molecule has 1 rings (SSSR count). The number of unbranched alkanes of at least 4 members (excludes halogenated alkanes) is 1. The van der Waals surface area contributed by atoms with E-state index in [1.807, 2.05) is 6.92 Å². The number of rotatable bonds is 9. The van der Waals surface area contributed by atoms with Crippen molar-refractivity contribution in [2.24, 2.45) is 0 Å². The highest BCUT2D eigenvalue weighted by Crippen LogP contribution is 2.18. The van der Waals surface area contributed by atoms with Crippen molar-refractivity contribution in [3.8, 4) is 0 Å². The fourth-order valence-corrected chi connectivity index (χ4v) is 3.62. The first-order chi connectivity index (χ1) is 8.47. The highest BCUT2D eigenvalue weighted by Gasteiger charge is 2.33. The minimum atomic E-state index is -3.17. The second-order valence-electron chi connectivity index (χ2n) is 5.24. The Morgan fingerprint density at radius 3 is 2.67 bits per heavy atom. The molecule has 1 aliphatic heterocycles. The molecule has 18 heavy (non-hydrogen) atoms. The molecule has 108 valence electrons. The smallest absolute Gasteiger partial charge is 0.212 e. The van der Waals surface area contributed by atoms with Gasteiger partial charge in [-0.1, -0.05) is 6.92 Å². The Morgan fingerprint density at radius 2 is 2.06 bits per heavy atom. The van der Waals surface area contributed by atoms with Gasteiger partial charge in [-0.3, -0.25) is 0 Å². The Balaban J connectivity index is 2.19. The molecule has 0 spiro atoms. The third-order valence-corrected chi connectivity index (χ3v) is 4.69. The van der Waals surface area contributed by atoms with Crippen LogP contribution >= 0.6 is 0 Å². The normalized spacial score (nSPS) is 24.6. The summed E-state index contributed by atoms with van der Waals surface area (Å²) in [5.74, 6) is 0.205. The molecular formula is C12H26N2O3S. The first-order valence-electron chi connectivity index (χ1n) is 6.77. The summed E-state index contributed by atoms with van der Waals surface area (Å²) < 4.78 is 31.8.